The van der Waals surface area contributed by atoms with Crippen molar-refractivity contribution >= 4 is 5.97 Å². The number of aryl methyl sites for hydroxylation is 1. The van der Waals surface area contributed by atoms with E-state index in [-0.39, 0.29) is 30.5 Å². The molecule has 1 aliphatic rings. The molecule has 0 bridgehead atoms. The fraction of sp³-hybridized carbons (Fsp3) is 0.720. The average molecular weight is 437 g/mol. The van der Waals surface area contributed by atoms with E-state index in [2.05, 4.69) is 0 Å². The quantitative estimate of drug-likeness (QED) is 0.273. The van der Waals surface area contributed by atoms with Crippen LogP contribution in [0.2, 0.25) is 0 Å². The first kappa shape index (κ1) is 25.5. The first-order valence-electron chi connectivity index (χ1n) is 11.9. The number of aliphatic hydroxyl groups is 2. The van der Waals surface area contributed by atoms with E-state index in [1.807, 2.05) is 12.1 Å². The van der Waals surface area contributed by atoms with Crippen molar-refractivity contribution in [2.45, 2.75) is 109 Å². The molecule has 6 heteroatoms. The van der Waals surface area contributed by atoms with Crippen molar-refractivity contribution in [1.82, 2.24) is 0 Å². The third-order valence-corrected chi connectivity index (χ3v) is 5.94. The zero-order chi connectivity index (χ0) is 22.5. The zero-order valence-electron chi connectivity index (χ0n) is 18.9. The smallest absolute Gasteiger partial charge is 0.302 e. The van der Waals surface area contributed by atoms with Gasteiger partial charge in [0.05, 0.1) is 12.2 Å². The number of rotatable bonds is 15. The normalized spacial score (nSPS) is 16.2. The molecule has 0 aliphatic heterocycles. The van der Waals surface area contributed by atoms with Gasteiger partial charge in [-0.3, -0.25) is 4.79 Å². The fourth-order valence-corrected chi connectivity index (χ4v) is 4.22. The van der Waals surface area contributed by atoms with Crippen LogP contribution in [-0.4, -0.2) is 46.2 Å². The Bertz CT molecular complexity index is 641. The summed E-state index contributed by atoms with van der Waals surface area (Å²) in [6.45, 7) is 1.64. The molecule has 176 valence electrons. The number of esters is 1. The van der Waals surface area contributed by atoms with Gasteiger partial charge in [-0.25, -0.2) is 0 Å². The second kappa shape index (κ2) is 14.3. The molecular weight excluding hydrogens is 396 g/mol. The van der Waals surface area contributed by atoms with Crippen molar-refractivity contribution in [3.63, 3.8) is 0 Å². The van der Waals surface area contributed by atoms with Gasteiger partial charge in [0.1, 0.15) is 6.10 Å². The van der Waals surface area contributed by atoms with Crippen LogP contribution in [0.15, 0.2) is 18.2 Å². The van der Waals surface area contributed by atoms with Gasteiger partial charge in [0.2, 0.25) is 0 Å². The van der Waals surface area contributed by atoms with Crippen molar-refractivity contribution in [3.05, 3.63) is 23.8 Å². The number of aliphatic hydroxyl groups excluding tert-OH is 2. The average Bonchev–Trinajstić information content (AvgIpc) is 3.23. The Morgan fingerprint density at radius 1 is 1.10 bits per heavy atom. The first-order valence-corrected chi connectivity index (χ1v) is 11.9. The predicted molar refractivity (Wildman–Crippen MR) is 120 cm³/mol. The summed E-state index contributed by atoms with van der Waals surface area (Å²) in [6.07, 6.45) is 11.0. The van der Waals surface area contributed by atoms with Gasteiger partial charge in [0, 0.05) is 20.0 Å². The number of hydrogen-bond donors (Lipinski definition) is 3. The van der Waals surface area contributed by atoms with Gasteiger partial charge in [0.25, 0.3) is 0 Å². The monoisotopic (exact) mass is 436 g/mol. The molecule has 0 heterocycles. The summed E-state index contributed by atoms with van der Waals surface area (Å²) in [5.74, 6) is 0.341. The highest BCUT2D eigenvalue weighted by atomic mass is 16.5. The highest BCUT2D eigenvalue weighted by Crippen LogP contribution is 2.32. The minimum atomic E-state index is -0.497. The largest absolute Gasteiger partial charge is 0.504 e. The lowest BCUT2D eigenvalue weighted by molar-refractivity contribution is -0.148. The van der Waals surface area contributed by atoms with E-state index in [0.29, 0.717) is 31.4 Å². The number of unbranched alkanes of at least 4 members (excludes halogenated alkanes) is 4. The lowest BCUT2D eigenvalue weighted by Gasteiger charge is -2.21. The van der Waals surface area contributed by atoms with E-state index >= 15 is 0 Å². The van der Waals surface area contributed by atoms with Crippen LogP contribution in [0, 0.1) is 0 Å². The van der Waals surface area contributed by atoms with Crippen molar-refractivity contribution < 1.29 is 29.6 Å². The van der Waals surface area contributed by atoms with E-state index in [1.54, 1.807) is 6.07 Å². The number of phenolic OH excluding ortho intramolecular Hbond substituents is 1. The van der Waals surface area contributed by atoms with Crippen LogP contribution in [0.4, 0.5) is 0 Å². The lowest BCUT2D eigenvalue weighted by atomic mass is 9.99. The fourth-order valence-electron chi connectivity index (χ4n) is 4.22. The zero-order valence-corrected chi connectivity index (χ0v) is 18.9. The van der Waals surface area contributed by atoms with Crippen LogP contribution in [0.5, 0.6) is 11.5 Å². The number of benzene rings is 1. The molecule has 1 fully saturated rings. The van der Waals surface area contributed by atoms with Crippen LogP contribution in [0.25, 0.3) is 0 Å². The Morgan fingerprint density at radius 3 is 2.52 bits per heavy atom. The molecule has 2 atom stereocenters. The maximum absolute atomic E-state index is 11.5. The molecule has 6 nitrogen and oxygen atoms in total. The maximum Gasteiger partial charge on any atom is 0.302 e. The Balaban J connectivity index is 1.81. The summed E-state index contributed by atoms with van der Waals surface area (Å²) >= 11 is 0. The van der Waals surface area contributed by atoms with Crippen molar-refractivity contribution in [2.75, 3.05) is 6.61 Å². The molecule has 1 saturated carbocycles. The van der Waals surface area contributed by atoms with Gasteiger partial charge >= 0.3 is 5.97 Å². The summed E-state index contributed by atoms with van der Waals surface area (Å²) in [5, 5.41) is 29.3. The van der Waals surface area contributed by atoms with Gasteiger partial charge in [0.15, 0.2) is 11.5 Å². The molecule has 3 N–H and O–H groups in total. The van der Waals surface area contributed by atoms with Crippen LogP contribution in [0.3, 0.4) is 0 Å². The highest BCUT2D eigenvalue weighted by molar-refractivity contribution is 5.66. The molecule has 1 aromatic rings. The minimum absolute atomic E-state index is 0.154. The topological polar surface area (TPSA) is 96.2 Å². The number of hydrogen-bond acceptors (Lipinski definition) is 6. The third kappa shape index (κ3) is 10.4. The molecule has 2 unspecified atom stereocenters. The number of ether oxygens (including phenoxy) is 2. The number of aromatic hydroxyl groups is 1. The first-order chi connectivity index (χ1) is 15.0. The second-order valence-corrected chi connectivity index (χ2v) is 8.77. The predicted octanol–water partition coefficient (Wildman–Crippen LogP) is 4.66. The van der Waals surface area contributed by atoms with E-state index in [1.165, 1.54) is 19.8 Å². The molecule has 2 rings (SSSR count). The number of carbonyl (C=O) groups is 1. The second-order valence-electron chi connectivity index (χ2n) is 8.77. The SMILES string of the molecule is CC(=O)OC(CCc1ccc(O)c(OC2CCCC2)c1)CC(O)CCCCCCCO. The molecule has 1 aromatic carbocycles. The van der Waals surface area contributed by atoms with Crippen LogP contribution in [0.1, 0.15) is 89.5 Å². The molecule has 0 saturated heterocycles. The van der Waals surface area contributed by atoms with Gasteiger partial charge in [-0.1, -0.05) is 31.7 Å². The van der Waals surface area contributed by atoms with Crippen molar-refractivity contribution in [2.24, 2.45) is 0 Å². The van der Waals surface area contributed by atoms with Crippen molar-refractivity contribution in [3.8, 4) is 11.5 Å². The highest BCUT2D eigenvalue weighted by Gasteiger charge is 2.20. The number of phenols is 1. The van der Waals surface area contributed by atoms with E-state index in [0.717, 1.165) is 50.5 Å². The number of carbonyl (C=O) groups excluding carboxylic acids is 1. The van der Waals surface area contributed by atoms with E-state index in [9.17, 15) is 15.0 Å². The maximum atomic E-state index is 11.5. The summed E-state index contributed by atoms with van der Waals surface area (Å²) in [5.41, 5.74) is 1.02. The summed E-state index contributed by atoms with van der Waals surface area (Å²) < 4.78 is 11.4. The molecule has 0 aromatic heterocycles. The lowest BCUT2D eigenvalue weighted by Crippen LogP contribution is -2.23. The molecule has 0 spiro atoms. The van der Waals surface area contributed by atoms with Gasteiger partial charge in [-0.2, -0.15) is 0 Å². The van der Waals surface area contributed by atoms with Gasteiger partial charge in [-0.05, 0) is 69.1 Å². The van der Waals surface area contributed by atoms with Gasteiger partial charge < -0.3 is 24.8 Å². The summed E-state index contributed by atoms with van der Waals surface area (Å²) in [6, 6.07) is 5.40. The van der Waals surface area contributed by atoms with Crippen LogP contribution in [-0.2, 0) is 16.0 Å². The van der Waals surface area contributed by atoms with Gasteiger partial charge in [-0.15, -0.1) is 0 Å². The molecule has 1 aliphatic carbocycles. The molecule has 0 radical (unpaired) electrons. The molecule has 31 heavy (non-hydrogen) atoms. The van der Waals surface area contributed by atoms with E-state index < -0.39 is 6.10 Å². The van der Waals surface area contributed by atoms with Crippen molar-refractivity contribution in [1.29, 1.82) is 0 Å². The Hall–Kier alpha value is -1.79. The Kier molecular flexibility index (Phi) is 11.8. The third-order valence-electron chi connectivity index (χ3n) is 5.94. The van der Waals surface area contributed by atoms with Crippen LogP contribution < -0.4 is 4.74 Å². The molecular formula is C25H40O6. The standard InChI is InChI=1S/C25H40O6/c1-19(27)30-23(18-21(28)9-5-3-2-4-8-16-26)14-12-20-13-15-24(29)25(17-20)31-22-10-6-7-11-22/h13,15,17,21-23,26,28-29H,2-12,14,16,18H2,1H3. The molecule has 0 amide bonds. The summed E-state index contributed by atoms with van der Waals surface area (Å²) in [7, 11) is 0. The Morgan fingerprint density at radius 2 is 1.81 bits per heavy atom. The van der Waals surface area contributed by atoms with E-state index in [4.69, 9.17) is 14.6 Å². The summed E-state index contributed by atoms with van der Waals surface area (Å²) in [4.78, 5) is 11.5. The van der Waals surface area contributed by atoms with Crippen LogP contribution >= 0.6 is 0 Å². The minimum Gasteiger partial charge on any atom is -0.504 e. The Labute approximate surface area is 186 Å².